The molecule has 2 aliphatic rings. The van der Waals surface area contributed by atoms with Crippen LogP contribution in [0.4, 0.5) is 11.4 Å². The van der Waals surface area contributed by atoms with Gasteiger partial charge >= 0.3 is 0 Å². The second-order valence-corrected chi connectivity index (χ2v) is 6.37. The third-order valence-corrected chi connectivity index (χ3v) is 4.74. The maximum absolute atomic E-state index is 12.3. The van der Waals surface area contributed by atoms with Crippen LogP contribution in [0.1, 0.15) is 29.8 Å². The summed E-state index contributed by atoms with van der Waals surface area (Å²) >= 11 is 0. The van der Waals surface area contributed by atoms with Crippen molar-refractivity contribution in [1.82, 2.24) is 9.80 Å². The SMILES string of the molecule is CC(C)N1CCN(c2ccc([NH+]=O)c3c2CN(C)C3=O)CC1. The number of fused-ring (bicyclic) bond motifs is 1. The van der Waals surface area contributed by atoms with E-state index in [1.807, 2.05) is 11.2 Å². The van der Waals surface area contributed by atoms with E-state index in [9.17, 15) is 9.70 Å². The molecule has 22 heavy (non-hydrogen) atoms. The van der Waals surface area contributed by atoms with Crippen LogP contribution < -0.4 is 10.1 Å². The summed E-state index contributed by atoms with van der Waals surface area (Å²) in [6.45, 7) is 8.96. The summed E-state index contributed by atoms with van der Waals surface area (Å²) in [7, 11) is 1.78. The van der Waals surface area contributed by atoms with Crippen molar-refractivity contribution < 1.29 is 9.97 Å². The van der Waals surface area contributed by atoms with Crippen molar-refractivity contribution in [1.29, 1.82) is 0 Å². The lowest BCUT2D eigenvalue weighted by Crippen LogP contribution is -2.57. The number of carbonyl (C=O) groups is 1. The Labute approximate surface area is 130 Å². The van der Waals surface area contributed by atoms with Gasteiger partial charge in [-0.15, -0.1) is 0 Å². The topological polar surface area (TPSA) is 57.8 Å². The molecule has 1 aromatic rings. The molecule has 1 amide bonds. The Morgan fingerprint density at radius 2 is 1.82 bits per heavy atom. The fourth-order valence-electron chi connectivity index (χ4n) is 3.40. The number of piperazine rings is 1. The van der Waals surface area contributed by atoms with Crippen LogP contribution in [0.25, 0.3) is 0 Å². The summed E-state index contributed by atoms with van der Waals surface area (Å²) in [6, 6.07) is 4.26. The van der Waals surface area contributed by atoms with Crippen LogP contribution in [-0.2, 0) is 6.54 Å². The molecule has 0 aliphatic carbocycles. The summed E-state index contributed by atoms with van der Waals surface area (Å²) < 4.78 is 0. The molecule has 6 nitrogen and oxygen atoms in total. The number of nitrogens with zero attached hydrogens (tertiary/aromatic N) is 3. The molecule has 0 atom stereocenters. The second-order valence-electron chi connectivity index (χ2n) is 6.37. The van der Waals surface area contributed by atoms with Crippen molar-refractivity contribution >= 4 is 17.3 Å². The van der Waals surface area contributed by atoms with Crippen molar-refractivity contribution in [2.45, 2.75) is 26.4 Å². The minimum Gasteiger partial charge on any atom is -0.369 e. The first-order valence-corrected chi connectivity index (χ1v) is 7.81. The predicted octanol–water partition coefficient (Wildman–Crippen LogP) is 0.281. The number of amides is 1. The van der Waals surface area contributed by atoms with Gasteiger partial charge in [0, 0.05) is 73.2 Å². The Morgan fingerprint density at radius 3 is 2.41 bits per heavy atom. The third-order valence-electron chi connectivity index (χ3n) is 4.74. The smallest absolute Gasteiger partial charge is 0.266 e. The van der Waals surface area contributed by atoms with E-state index in [2.05, 4.69) is 23.6 Å². The Bertz CT molecular complexity index is 606. The van der Waals surface area contributed by atoms with Gasteiger partial charge in [-0.05, 0) is 19.9 Å². The Kier molecular flexibility index (Phi) is 3.87. The lowest BCUT2D eigenvalue weighted by atomic mass is 10.0. The Hall–Kier alpha value is -1.95. The quantitative estimate of drug-likeness (QED) is 0.871. The van der Waals surface area contributed by atoms with Gasteiger partial charge in [0.05, 0.1) is 0 Å². The molecular weight excluding hydrogens is 280 g/mol. The number of anilines is 1. The zero-order valence-electron chi connectivity index (χ0n) is 13.4. The van der Waals surface area contributed by atoms with Crippen LogP contribution in [0.15, 0.2) is 12.1 Å². The van der Waals surface area contributed by atoms with E-state index in [0.717, 1.165) is 37.4 Å². The van der Waals surface area contributed by atoms with Gasteiger partial charge in [0.25, 0.3) is 11.6 Å². The average molecular weight is 303 g/mol. The molecular formula is C16H23N4O2+. The van der Waals surface area contributed by atoms with Gasteiger partial charge in [0.2, 0.25) is 0 Å². The second kappa shape index (κ2) is 5.68. The molecule has 0 unspecified atom stereocenters. The molecule has 3 rings (SSSR count). The van der Waals surface area contributed by atoms with E-state index >= 15 is 0 Å². The molecule has 2 aliphatic heterocycles. The van der Waals surface area contributed by atoms with E-state index < -0.39 is 0 Å². The predicted molar refractivity (Wildman–Crippen MR) is 85.2 cm³/mol. The summed E-state index contributed by atoms with van der Waals surface area (Å²) in [6.07, 6.45) is 0. The fourth-order valence-corrected chi connectivity index (χ4v) is 3.40. The van der Waals surface area contributed by atoms with Crippen LogP contribution >= 0.6 is 0 Å². The first-order valence-electron chi connectivity index (χ1n) is 7.81. The van der Waals surface area contributed by atoms with E-state index in [0.29, 0.717) is 23.8 Å². The number of hydrogen-bond donors (Lipinski definition) is 1. The van der Waals surface area contributed by atoms with Gasteiger partial charge in [0.15, 0.2) is 0 Å². The monoisotopic (exact) mass is 303 g/mol. The molecule has 1 aromatic carbocycles. The van der Waals surface area contributed by atoms with E-state index in [1.54, 1.807) is 18.0 Å². The number of benzene rings is 1. The molecule has 0 saturated carbocycles. The molecule has 6 heteroatoms. The van der Waals surface area contributed by atoms with Crippen LogP contribution in [0, 0.1) is 4.91 Å². The summed E-state index contributed by atoms with van der Waals surface area (Å²) in [5.74, 6) is -0.0731. The van der Waals surface area contributed by atoms with Gasteiger partial charge in [0.1, 0.15) is 5.56 Å². The fraction of sp³-hybridized carbons (Fsp3) is 0.562. The molecule has 2 heterocycles. The molecule has 0 radical (unpaired) electrons. The number of carbonyl (C=O) groups excluding carboxylic acids is 1. The summed E-state index contributed by atoms with van der Waals surface area (Å²) in [5, 5.41) is 1.91. The zero-order valence-corrected chi connectivity index (χ0v) is 13.4. The summed E-state index contributed by atoms with van der Waals surface area (Å²) in [4.78, 5) is 29.8. The largest absolute Gasteiger partial charge is 0.369 e. The first kappa shape index (κ1) is 15.0. The maximum Gasteiger partial charge on any atom is 0.266 e. The van der Waals surface area contributed by atoms with E-state index in [1.165, 1.54) is 0 Å². The van der Waals surface area contributed by atoms with E-state index in [4.69, 9.17) is 0 Å². The molecule has 1 N–H and O–H groups in total. The van der Waals surface area contributed by atoms with E-state index in [-0.39, 0.29) is 5.91 Å². The lowest BCUT2D eigenvalue weighted by Gasteiger charge is -2.38. The summed E-state index contributed by atoms with van der Waals surface area (Å²) in [5.41, 5.74) is 3.00. The molecule has 0 aromatic heterocycles. The van der Waals surface area contributed by atoms with Crippen molar-refractivity contribution in [3.8, 4) is 0 Å². The van der Waals surface area contributed by atoms with Crippen molar-refractivity contribution in [3.63, 3.8) is 0 Å². The number of nitroso groups, excluding NO2 is 1. The highest BCUT2D eigenvalue weighted by atomic mass is 16.3. The van der Waals surface area contributed by atoms with Gasteiger partial charge in [-0.25, -0.2) is 0 Å². The van der Waals surface area contributed by atoms with Crippen LogP contribution in [0.2, 0.25) is 0 Å². The standard InChI is InChI=1S/C16H22N4O2/c1-11(2)19-6-8-20(9-7-19)14-5-4-13(17-22)15-12(14)10-18(3)16(15)21/h4-5,11H,6-10H2,1-3H3/p+1. The highest BCUT2D eigenvalue weighted by Gasteiger charge is 2.34. The molecule has 118 valence electrons. The minimum absolute atomic E-state index is 0.0731. The van der Waals surface area contributed by atoms with Gasteiger partial charge in [-0.2, -0.15) is 0 Å². The third kappa shape index (κ3) is 2.37. The number of rotatable bonds is 3. The normalized spacial score (nSPS) is 19.0. The lowest BCUT2D eigenvalue weighted by molar-refractivity contribution is -0.379. The van der Waals surface area contributed by atoms with Crippen LogP contribution in [-0.4, -0.2) is 55.0 Å². The average Bonchev–Trinajstić information content (AvgIpc) is 2.82. The molecule has 0 spiro atoms. The minimum atomic E-state index is -0.0731. The Balaban J connectivity index is 1.91. The maximum atomic E-state index is 12.3. The van der Waals surface area contributed by atoms with Gasteiger partial charge in [-0.1, -0.05) is 0 Å². The zero-order chi connectivity index (χ0) is 15.9. The number of nitrogens with one attached hydrogen (secondary N) is 1. The first-order chi connectivity index (χ1) is 10.5. The molecule has 1 saturated heterocycles. The highest BCUT2D eigenvalue weighted by Crippen LogP contribution is 2.34. The Morgan fingerprint density at radius 1 is 1.14 bits per heavy atom. The van der Waals surface area contributed by atoms with Crippen molar-refractivity contribution in [2.24, 2.45) is 0 Å². The molecule has 0 bridgehead atoms. The van der Waals surface area contributed by atoms with Crippen molar-refractivity contribution in [2.75, 3.05) is 38.1 Å². The highest BCUT2D eigenvalue weighted by molar-refractivity contribution is 6.03. The van der Waals surface area contributed by atoms with Crippen LogP contribution in [0.5, 0.6) is 0 Å². The van der Waals surface area contributed by atoms with Gasteiger partial charge in [-0.3, -0.25) is 9.69 Å². The molecule has 1 fully saturated rings. The van der Waals surface area contributed by atoms with Crippen LogP contribution in [0.3, 0.4) is 0 Å². The van der Waals surface area contributed by atoms with Crippen molar-refractivity contribution in [3.05, 3.63) is 28.2 Å². The number of hydrogen-bond acceptors (Lipinski definition) is 4. The van der Waals surface area contributed by atoms with Gasteiger partial charge < -0.3 is 9.80 Å².